The summed E-state index contributed by atoms with van der Waals surface area (Å²) < 4.78 is 5.66. The third kappa shape index (κ3) is 4.84. The van der Waals surface area contributed by atoms with Crippen molar-refractivity contribution in [3.05, 3.63) is 57.6 Å². The molecule has 27 heavy (non-hydrogen) atoms. The first-order chi connectivity index (χ1) is 12.9. The van der Waals surface area contributed by atoms with Gasteiger partial charge >= 0.3 is 6.03 Å². The van der Waals surface area contributed by atoms with Gasteiger partial charge in [0.15, 0.2) is 6.10 Å². The number of hydrogen-bond acceptors (Lipinski definition) is 3. The predicted octanol–water partition coefficient (Wildman–Crippen LogP) is 4.10. The molecule has 2 aromatic rings. The van der Waals surface area contributed by atoms with E-state index in [1.54, 1.807) is 25.1 Å². The van der Waals surface area contributed by atoms with E-state index >= 15 is 0 Å². The molecular formula is C19H19Cl2N3O3. The Balaban J connectivity index is 1.49. The number of fused-ring (bicyclic) bond motifs is 1. The first-order valence-electron chi connectivity index (χ1n) is 8.53. The van der Waals surface area contributed by atoms with Gasteiger partial charge in [-0.15, -0.1) is 0 Å². The van der Waals surface area contributed by atoms with Gasteiger partial charge in [-0.3, -0.25) is 10.2 Å². The number of hydrazine groups is 1. The maximum Gasteiger partial charge on any atom is 0.337 e. The van der Waals surface area contributed by atoms with Crippen LogP contribution in [0.4, 0.5) is 10.5 Å². The van der Waals surface area contributed by atoms with Crippen LogP contribution < -0.4 is 20.9 Å². The number of halogens is 2. The molecular weight excluding hydrogens is 389 g/mol. The van der Waals surface area contributed by atoms with E-state index in [2.05, 4.69) is 16.2 Å². The fraction of sp³-hybridized carbons (Fsp3) is 0.263. The van der Waals surface area contributed by atoms with E-state index in [1.807, 2.05) is 18.2 Å². The van der Waals surface area contributed by atoms with Crippen LogP contribution in [0.2, 0.25) is 10.0 Å². The molecule has 0 unspecified atom stereocenters. The highest BCUT2D eigenvalue weighted by atomic mass is 35.5. The number of urea groups is 1. The van der Waals surface area contributed by atoms with E-state index in [0.717, 1.165) is 19.3 Å². The number of benzene rings is 2. The highest BCUT2D eigenvalue weighted by molar-refractivity contribution is 6.43. The van der Waals surface area contributed by atoms with Crippen LogP contribution in [0.1, 0.15) is 24.5 Å². The fourth-order valence-corrected chi connectivity index (χ4v) is 3.20. The summed E-state index contributed by atoms with van der Waals surface area (Å²) in [6.45, 7) is 1.61. The molecule has 0 bridgehead atoms. The maximum atomic E-state index is 12.1. The van der Waals surface area contributed by atoms with Gasteiger partial charge in [-0.2, -0.15) is 0 Å². The van der Waals surface area contributed by atoms with Crippen molar-refractivity contribution < 1.29 is 14.3 Å². The summed E-state index contributed by atoms with van der Waals surface area (Å²) in [7, 11) is 0. The molecule has 3 rings (SSSR count). The van der Waals surface area contributed by atoms with Gasteiger partial charge in [0.05, 0.1) is 15.7 Å². The quantitative estimate of drug-likeness (QED) is 0.667. The van der Waals surface area contributed by atoms with Crippen molar-refractivity contribution >= 4 is 40.8 Å². The minimum absolute atomic E-state index is 0.217. The second-order valence-corrected chi connectivity index (χ2v) is 7.00. The summed E-state index contributed by atoms with van der Waals surface area (Å²) in [5, 5.41) is 3.03. The van der Waals surface area contributed by atoms with Gasteiger partial charge in [0, 0.05) is 0 Å². The van der Waals surface area contributed by atoms with Crippen LogP contribution >= 0.6 is 23.2 Å². The summed E-state index contributed by atoms with van der Waals surface area (Å²) in [6, 6.07) is 10.0. The van der Waals surface area contributed by atoms with Gasteiger partial charge in [-0.05, 0) is 61.6 Å². The van der Waals surface area contributed by atoms with Gasteiger partial charge < -0.3 is 10.1 Å². The molecule has 0 saturated carbocycles. The maximum absolute atomic E-state index is 12.1. The molecule has 0 aliphatic heterocycles. The van der Waals surface area contributed by atoms with Crippen molar-refractivity contribution in [2.75, 3.05) is 5.32 Å². The Morgan fingerprint density at radius 2 is 1.85 bits per heavy atom. The Bertz CT molecular complexity index is 873. The molecule has 8 heteroatoms. The van der Waals surface area contributed by atoms with Crippen molar-refractivity contribution in [2.24, 2.45) is 0 Å². The SMILES string of the molecule is C[C@H](Oc1ccc2c(c1)CCC2)C(=O)NNC(=O)Nc1cccc(Cl)c1Cl. The van der Waals surface area contributed by atoms with Crippen molar-refractivity contribution in [1.82, 2.24) is 10.9 Å². The lowest BCUT2D eigenvalue weighted by molar-refractivity contribution is -0.127. The van der Waals surface area contributed by atoms with Crippen molar-refractivity contribution in [3.63, 3.8) is 0 Å². The van der Waals surface area contributed by atoms with Gasteiger partial charge in [0.1, 0.15) is 5.75 Å². The molecule has 0 fully saturated rings. The topological polar surface area (TPSA) is 79.5 Å². The van der Waals surface area contributed by atoms with Gasteiger partial charge in [0.2, 0.25) is 0 Å². The number of nitrogens with one attached hydrogen (secondary N) is 3. The Morgan fingerprint density at radius 3 is 2.67 bits per heavy atom. The molecule has 0 aromatic heterocycles. The first-order valence-corrected chi connectivity index (χ1v) is 9.29. The van der Waals surface area contributed by atoms with E-state index in [0.29, 0.717) is 16.5 Å². The summed E-state index contributed by atoms with van der Waals surface area (Å²) >= 11 is 11.9. The third-order valence-electron chi connectivity index (χ3n) is 4.25. The van der Waals surface area contributed by atoms with Crippen LogP contribution in [-0.2, 0) is 17.6 Å². The van der Waals surface area contributed by atoms with Gasteiger partial charge in [-0.1, -0.05) is 35.3 Å². The highest BCUT2D eigenvalue weighted by Gasteiger charge is 2.18. The Kier molecular flexibility index (Phi) is 6.08. The predicted molar refractivity (Wildman–Crippen MR) is 105 cm³/mol. The zero-order chi connectivity index (χ0) is 19.4. The zero-order valence-electron chi connectivity index (χ0n) is 14.6. The standard InChI is InChI=1S/C19H19Cl2N3O3/c1-11(27-14-9-8-12-4-2-5-13(12)10-14)18(25)23-24-19(26)22-16-7-3-6-15(20)17(16)21/h3,6-11H,2,4-5H2,1H3,(H,23,25)(H2,22,24,26)/t11-/m0/s1. The minimum Gasteiger partial charge on any atom is -0.481 e. The number of ether oxygens (including phenoxy) is 1. The Hall–Kier alpha value is -2.44. The molecule has 1 aliphatic rings. The Labute approximate surface area is 167 Å². The monoisotopic (exact) mass is 407 g/mol. The lowest BCUT2D eigenvalue weighted by Crippen LogP contribution is -2.48. The number of rotatable bonds is 4. The molecule has 142 valence electrons. The van der Waals surface area contributed by atoms with Crippen LogP contribution in [-0.4, -0.2) is 18.0 Å². The highest BCUT2D eigenvalue weighted by Crippen LogP contribution is 2.29. The molecule has 3 amide bonds. The van der Waals surface area contributed by atoms with Crippen LogP contribution in [0.25, 0.3) is 0 Å². The second kappa shape index (κ2) is 8.50. The van der Waals surface area contributed by atoms with E-state index in [-0.39, 0.29) is 5.02 Å². The summed E-state index contributed by atoms with van der Waals surface area (Å²) in [4.78, 5) is 24.0. The van der Waals surface area contributed by atoms with E-state index in [4.69, 9.17) is 27.9 Å². The van der Waals surface area contributed by atoms with Crippen molar-refractivity contribution in [1.29, 1.82) is 0 Å². The zero-order valence-corrected chi connectivity index (χ0v) is 16.2. The van der Waals surface area contributed by atoms with Crippen LogP contribution in [0.15, 0.2) is 36.4 Å². The number of hydrogen-bond donors (Lipinski definition) is 3. The number of carbonyl (C=O) groups is 2. The lowest BCUT2D eigenvalue weighted by atomic mass is 10.1. The van der Waals surface area contributed by atoms with Crippen molar-refractivity contribution in [2.45, 2.75) is 32.3 Å². The van der Waals surface area contributed by atoms with E-state index in [1.165, 1.54) is 11.1 Å². The molecule has 0 spiro atoms. The summed E-state index contributed by atoms with van der Waals surface area (Å²) in [5.74, 6) is 0.149. The van der Waals surface area contributed by atoms with Crippen LogP contribution in [0.5, 0.6) is 5.75 Å². The number of carbonyl (C=O) groups excluding carboxylic acids is 2. The minimum atomic E-state index is -0.778. The number of anilines is 1. The number of aryl methyl sites for hydroxylation is 2. The molecule has 3 N–H and O–H groups in total. The molecule has 1 aliphatic carbocycles. The van der Waals surface area contributed by atoms with E-state index in [9.17, 15) is 9.59 Å². The molecule has 6 nitrogen and oxygen atoms in total. The molecule has 0 radical (unpaired) electrons. The van der Waals surface area contributed by atoms with Crippen LogP contribution in [0.3, 0.4) is 0 Å². The second-order valence-electron chi connectivity index (χ2n) is 6.21. The first kappa shape index (κ1) is 19.3. The third-order valence-corrected chi connectivity index (χ3v) is 5.07. The van der Waals surface area contributed by atoms with Gasteiger partial charge in [0.25, 0.3) is 5.91 Å². The van der Waals surface area contributed by atoms with E-state index < -0.39 is 18.0 Å². The molecule has 1 atom stereocenters. The summed E-state index contributed by atoms with van der Waals surface area (Å²) in [5.41, 5.74) is 7.48. The largest absolute Gasteiger partial charge is 0.481 e. The number of amides is 3. The molecule has 0 heterocycles. The average Bonchev–Trinajstić information content (AvgIpc) is 3.11. The lowest BCUT2D eigenvalue weighted by Gasteiger charge is -2.16. The smallest absolute Gasteiger partial charge is 0.337 e. The van der Waals surface area contributed by atoms with Gasteiger partial charge in [-0.25, -0.2) is 10.2 Å². The van der Waals surface area contributed by atoms with Crippen LogP contribution in [0, 0.1) is 0 Å². The normalized spacial score (nSPS) is 13.4. The van der Waals surface area contributed by atoms with Crippen molar-refractivity contribution in [3.8, 4) is 5.75 Å². The molecule has 2 aromatic carbocycles. The summed E-state index contributed by atoms with van der Waals surface area (Å²) in [6.07, 6.45) is 2.48. The Morgan fingerprint density at radius 1 is 1.07 bits per heavy atom. The molecule has 0 saturated heterocycles. The average molecular weight is 408 g/mol. The fourth-order valence-electron chi connectivity index (χ4n) is 2.85.